The summed E-state index contributed by atoms with van der Waals surface area (Å²) in [4.78, 5) is 14.8. The summed E-state index contributed by atoms with van der Waals surface area (Å²) in [5, 5.41) is 11.6. The molecule has 0 aliphatic carbocycles. The monoisotopic (exact) mass is 375 g/mol. The van der Waals surface area contributed by atoms with Gasteiger partial charge in [0.1, 0.15) is 10.6 Å². The van der Waals surface area contributed by atoms with Crippen LogP contribution in [0.1, 0.15) is 5.56 Å². The Kier molecular flexibility index (Phi) is 4.86. The summed E-state index contributed by atoms with van der Waals surface area (Å²) in [5.41, 5.74) is 2.34. The Balaban J connectivity index is 1.87. The van der Waals surface area contributed by atoms with Crippen LogP contribution in [0.25, 0.3) is 0 Å². The third-order valence-corrected chi connectivity index (χ3v) is 5.68. The molecule has 7 nitrogen and oxygen atoms in total. The van der Waals surface area contributed by atoms with E-state index in [-0.39, 0.29) is 10.6 Å². The lowest BCUT2D eigenvalue weighted by molar-refractivity contribution is -0.387. The molecule has 0 unspecified atom stereocenters. The van der Waals surface area contributed by atoms with Gasteiger partial charge in [-0.2, -0.15) is 0 Å². The van der Waals surface area contributed by atoms with E-state index in [0.717, 1.165) is 11.9 Å². The van der Waals surface area contributed by atoms with Gasteiger partial charge in [-0.3, -0.25) is 10.1 Å². The highest BCUT2D eigenvalue weighted by Crippen LogP contribution is 2.35. The maximum atomic E-state index is 11.9. The number of sulfone groups is 1. The van der Waals surface area contributed by atoms with Gasteiger partial charge in [0.25, 0.3) is 0 Å². The molecule has 0 radical (unpaired) electrons. The van der Waals surface area contributed by atoms with Crippen molar-refractivity contribution in [3.05, 3.63) is 58.1 Å². The van der Waals surface area contributed by atoms with Crippen LogP contribution in [0.4, 0.5) is 17.1 Å². The maximum Gasteiger partial charge on any atom is 0.311 e. The van der Waals surface area contributed by atoms with E-state index in [0.29, 0.717) is 31.9 Å². The molecule has 0 N–H and O–H groups in total. The van der Waals surface area contributed by atoms with Gasteiger partial charge in [-0.05, 0) is 36.8 Å². The predicted molar refractivity (Wildman–Crippen MR) is 102 cm³/mol. The standard InChI is InChI=1S/C18H21N3O4S/c1-14-5-3-6-15(13-14)19-9-11-20(12-10-19)16-7-4-8-17(26(2,24)25)18(16)21(22)23/h3-8,13H,9-12H2,1-2H3. The first-order chi connectivity index (χ1) is 12.3. The van der Waals surface area contributed by atoms with Crippen LogP contribution in [0.15, 0.2) is 47.4 Å². The van der Waals surface area contributed by atoms with Gasteiger partial charge in [-0.1, -0.05) is 18.2 Å². The molecule has 1 fully saturated rings. The van der Waals surface area contributed by atoms with E-state index in [4.69, 9.17) is 0 Å². The first kappa shape index (κ1) is 18.2. The lowest BCUT2D eigenvalue weighted by Gasteiger charge is -2.37. The van der Waals surface area contributed by atoms with Gasteiger partial charge in [-0.15, -0.1) is 0 Å². The summed E-state index contributed by atoms with van der Waals surface area (Å²) in [5.74, 6) is 0. The van der Waals surface area contributed by atoms with Crippen LogP contribution in [0.3, 0.4) is 0 Å². The smallest absolute Gasteiger partial charge is 0.311 e. The summed E-state index contributed by atoms with van der Waals surface area (Å²) < 4.78 is 23.9. The Labute approximate surface area is 152 Å². The Morgan fingerprint density at radius 3 is 2.19 bits per heavy atom. The van der Waals surface area contributed by atoms with Crippen molar-refractivity contribution in [2.45, 2.75) is 11.8 Å². The average Bonchev–Trinajstić information content (AvgIpc) is 2.60. The fourth-order valence-corrected chi connectivity index (χ4v) is 4.13. The van der Waals surface area contributed by atoms with Crippen LogP contribution in [0.5, 0.6) is 0 Å². The number of nitro benzene ring substituents is 1. The van der Waals surface area contributed by atoms with E-state index in [9.17, 15) is 18.5 Å². The van der Waals surface area contributed by atoms with E-state index in [2.05, 4.69) is 17.0 Å². The van der Waals surface area contributed by atoms with Gasteiger partial charge >= 0.3 is 5.69 Å². The Bertz CT molecular complexity index is 935. The molecule has 3 rings (SSSR count). The molecule has 1 aliphatic heterocycles. The molecule has 0 spiro atoms. The van der Waals surface area contributed by atoms with Gasteiger partial charge in [0.2, 0.25) is 0 Å². The largest absolute Gasteiger partial charge is 0.368 e. The van der Waals surface area contributed by atoms with Crippen LogP contribution in [-0.4, -0.2) is 45.8 Å². The highest BCUT2D eigenvalue weighted by Gasteiger charge is 2.30. The molecule has 0 amide bonds. The van der Waals surface area contributed by atoms with Crippen molar-refractivity contribution in [3.63, 3.8) is 0 Å². The molecule has 0 bridgehead atoms. The third-order valence-electron chi connectivity index (χ3n) is 4.55. The molecule has 0 saturated carbocycles. The predicted octanol–water partition coefficient (Wildman–Crippen LogP) is 2.63. The first-order valence-corrected chi connectivity index (χ1v) is 10.2. The number of hydrogen-bond acceptors (Lipinski definition) is 6. The molecule has 8 heteroatoms. The van der Waals surface area contributed by atoms with Crippen molar-refractivity contribution < 1.29 is 13.3 Å². The minimum absolute atomic E-state index is 0.235. The second-order valence-corrected chi connectivity index (χ2v) is 8.45. The number of anilines is 2. The molecule has 0 aromatic heterocycles. The van der Waals surface area contributed by atoms with E-state index < -0.39 is 14.8 Å². The number of para-hydroxylation sites is 1. The van der Waals surface area contributed by atoms with Crippen LogP contribution < -0.4 is 9.80 Å². The van der Waals surface area contributed by atoms with Crippen LogP contribution >= 0.6 is 0 Å². The highest BCUT2D eigenvalue weighted by atomic mass is 32.2. The molecule has 2 aromatic rings. The van der Waals surface area contributed by atoms with E-state index in [1.807, 2.05) is 24.0 Å². The van der Waals surface area contributed by atoms with Gasteiger partial charge in [0.15, 0.2) is 9.84 Å². The van der Waals surface area contributed by atoms with Crippen molar-refractivity contribution >= 4 is 26.9 Å². The molecule has 26 heavy (non-hydrogen) atoms. The van der Waals surface area contributed by atoms with Gasteiger partial charge in [0.05, 0.1) is 4.92 Å². The zero-order valence-corrected chi connectivity index (χ0v) is 15.6. The molecule has 2 aromatic carbocycles. The Morgan fingerprint density at radius 1 is 1.00 bits per heavy atom. The topological polar surface area (TPSA) is 83.8 Å². The van der Waals surface area contributed by atoms with E-state index in [1.54, 1.807) is 12.1 Å². The summed E-state index contributed by atoms with van der Waals surface area (Å²) in [6, 6.07) is 12.7. The molecular formula is C18H21N3O4S. The zero-order chi connectivity index (χ0) is 18.9. The van der Waals surface area contributed by atoms with E-state index >= 15 is 0 Å². The number of piperazine rings is 1. The van der Waals surface area contributed by atoms with Gasteiger partial charge in [0, 0.05) is 38.1 Å². The number of nitro groups is 1. The quantitative estimate of drug-likeness (QED) is 0.603. The van der Waals surface area contributed by atoms with Crippen molar-refractivity contribution in [3.8, 4) is 0 Å². The average molecular weight is 375 g/mol. The minimum Gasteiger partial charge on any atom is -0.368 e. The lowest BCUT2D eigenvalue weighted by Crippen LogP contribution is -2.46. The Hall–Kier alpha value is -2.61. The third kappa shape index (κ3) is 3.65. The Morgan fingerprint density at radius 2 is 1.62 bits per heavy atom. The van der Waals surface area contributed by atoms with Crippen molar-refractivity contribution in [1.82, 2.24) is 0 Å². The molecule has 1 heterocycles. The molecular weight excluding hydrogens is 354 g/mol. The fourth-order valence-electron chi connectivity index (χ4n) is 3.28. The van der Waals surface area contributed by atoms with Crippen LogP contribution in [0.2, 0.25) is 0 Å². The van der Waals surface area contributed by atoms with Crippen molar-refractivity contribution in [2.75, 3.05) is 42.2 Å². The summed E-state index contributed by atoms with van der Waals surface area (Å²) >= 11 is 0. The highest BCUT2D eigenvalue weighted by molar-refractivity contribution is 7.90. The normalized spacial score (nSPS) is 15.2. The van der Waals surface area contributed by atoms with Crippen molar-refractivity contribution in [1.29, 1.82) is 0 Å². The second kappa shape index (κ2) is 6.95. The number of aryl methyl sites for hydroxylation is 1. The fraction of sp³-hybridized carbons (Fsp3) is 0.333. The number of benzene rings is 2. The molecule has 138 valence electrons. The maximum absolute atomic E-state index is 11.9. The van der Waals surface area contributed by atoms with Crippen molar-refractivity contribution in [2.24, 2.45) is 0 Å². The second-order valence-electron chi connectivity index (χ2n) is 6.47. The minimum atomic E-state index is -3.68. The summed E-state index contributed by atoms with van der Waals surface area (Å²) in [7, 11) is -3.68. The number of rotatable bonds is 4. The van der Waals surface area contributed by atoms with Crippen LogP contribution in [-0.2, 0) is 9.84 Å². The van der Waals surface area contributed by atoms with Crippen LogP contribution in [0, 0.1) is 17.0 Å². The lowest BCUT2D eigenvalue weighted by atomic mass is 10.1. The molecule has 1 saturated heterocycles. The number of nitrogens with zero attached hydrogens (tertiary/aromatic N) is 3. The summed E-state index contributed by atoms with van der Waals surface area (Å²) in [6.07, 6.45) is 0.995. The number of hydrogen-bond donors (Lipinski definition) is 0. The zero-order valence-electron chi connectivity index (χ0n) is 14.8. The first-order valence-electron chi connectivity index (χ1n) is 8.31. The molecule has 1 aliphatic rings. The summed E-state index contributed by atoms with van der Waals surface area (Å²) in [6.45, 7) is 4.64. The molecule has 0 atom stereocenters. The van der Waals surface area contributed by atoms with Gasteiger partial charge in [-0.25, -0.2) is 8.42 Å². The van der Waals surface area contributed by atoms with Gasteiger partial charge < -0.3 is 9.80 Å². The SMILES string of the molecule is Cc1cccc(N2CCN(c3cccc(S(C)(=O)=O)c3[N+](=O)[O-])CC2)c1. The van der Waals surface area contributed by atoms with E-state index in [1.165, 1.54) is 11.6 Å².